The molecule has 3 aromatic rings. The molecule has 1 atom stereocenters. The lowest BCUT2D eigenvalue weighted by Crippen LogP contribution is -2.19. The molecule has 4 rings (SSSR count). The van der Waals surface area contributed by atoms with Gasteiger partial charge in [0.05, 0.1) is 36.5 Å². The van der Waals surface area contributed by atoms with Crippen LogP contribution in [0.25, 0.3) is 0 Å². The van der Waals surface area contributed by atoms with Crippen molar-refractivity contribution >= 4 is 38.7 Å². The van der Waals surface area contributed by atoms with Crippen molar-refractivity contribution < 1.29 is 9.47 Å². The van der Waals surface area contributed by atoms with E-state index >= 15 is 0 Å². The van der Waals surface area contributed by atoms with Crippen molar-refractivity contribution in [3.63, 3.8) is 0 Å². The summed E-state index contributed by atoms with van der Waals surface area (Å²) in [7, 11) is 3.34. The first kappa shape index (κ1) is 18.1. The van der Waals surface area contributed by atoms with E-state index in [1.54, 1.807) is 25.6 Å². The second kappa shape index (κ2) is 7.74. The third-order valence-corrected chi connectivity index (χ3v) is 6.05. The average Bonchev–Trinajstić information content (AvgIpc) is 3.37. The van der Waals surface area contributed by atoms with Crippen LogP contribution in [0.3, 0.4) is 0 Å². The molecule has 27 heavy (non-hydrogen) atoms. The van der Waals surface area contributed by atoms with E-state index in [1.165, 1.54) is 4.88 Å². The highest BCUT2D eigenvalue weighted by atomic mass is 79.9. The molecule has 2 heterocycles. The zero-order valence-electron chi connectivity index (χ0n) is 15.1. The van der Waals surface area contributed by atoms with Crippen molar-refractivity contribution in [2.45, 2.75) is 12.5 Å². The van der Waals surface area contributed by atoms with Gasteiger partial charge in [0, 0.05) is 16.5 Å². The molecule has 1 aliphatic heterocycles. The van der Waals surface area contributed by atoms with E-state index in [1.807, 2.05) is 24.3 Å². The summed E-state index contributed by atoms with van der Waals surface area (Å²) in [5.41, 5.74) is 3.19. The molecule has 1 aliphatic rings. The zero-order valence-corrected chi connectivity index (χ0v) is 17.5. The fourth-order valence-corrected chi connectivity index (χ4v) is 4.34. The standard InChI is InChI=1S/C21H19BrN2O2S/c1-25-19-6-3-5-16(21(19)26-2)18-13-17(20-7-4-12-27-20)23-24(18)15-10-8-14(22)9-11-15/h3-12,18H,13H2,1-2H3/t18-/m0/s1. The number of halogens is 1. The Morgan fingerprint density at radius 3 is 2.52 bits per heavy atom. The zero-order chi connectivity index (χ0) is 18.8. The van der Waals surface area contributed by atoms with Crippen LogP contribution in [0.2, 0.25) is 0 Å². The maximum Gasteiger partial charge on any atom is 0.166 e. The number of anilines is 1. The molecule has 0 unspecified atom stereocenters. The normalized spacial score (nSPS) is 16.3. The number of ether oxygens (including phenoxy) is 2. The molecule has 0 radical (unpaired) electrons. The van der Waals surface area contributed by atoms with Gasteiger partial charge in [-0.05, 0) is 41.8 Å². The quantitative estimate of drug-likeness (QED) is 0.494. The van der Waals surface area contributed by atoms with Crippen LogP contribution >= 0.6 is 27.3 Å². The summed E-state index contributed by atoms with van der Waals surface area (Å²) < 4.78 is 12.3. The number of nitrogens with zero attached hydrogens (tertiary/aromatic N) is 2. The topological polar surface area (TPSA) is 34.1 Å². The molecule has 0 aliphatic carbocycles. The summed E-state index contributed by atoms with van der Waals surface area (Å²) in [6.45, 7) is 0. The van der Waals surface area contributed by atoms with Gasteiger partial charge in [-0.2, -0.15) is 5.10 Å². The molecule has 6 heteroatoms. The Hall–Kier alpha value is -2.31. The summed E-state index contributed by atoms with van der Waals surface area (Å²) in [5.74, 6) is 1.49. The van der Waals surface area contributed by atoms with Gasteiger partial charge in [-0.1, -0.05) is 34.1 Å². The van der Waals surface area contributed by atoms with Gasteiger partial charge in [-0.25, -0.2) is 0 Å². The molecule has 2 aromatic carbocycles. The van der Waals surface area contributed by atoms with Crippen LogP contribution in [0.4, 0.5) is 5.69 Å². The summed E-state index contributed by atoms with van der Waals surface area (Å²) in [5, 5.41) is 9.13. The lowest BCUT2D eigenvalue weighted by Gasteiger charge is -2.26. The Balaban J connectivity index is 1.80. The molecule has 0 N–H and O–H groups in total. The largest absolute Gasteiger partial charge is 0.493 e. The SMILES string of the molecule is COc1cccc([C@@H]2CC(c3cccs3)=NN2c2ccc(Br)cc2)c1OC. The van der Waals surface area contributed by atoms with E-state index in [0.29, 0.717) is 0 Å². The molecule has 4 nitrogen and oxygen atoms in total. The van der Waals surface area contributed by atoms with E-state index in [2.05, 4.69) is 56.7 Å². The number of hydrogen-bond acceptors (Lipinski definition) is 5. The number of thiophene rings is 1. The molecular formula is C21H19BrN2O2S. The van der Waals surface area contributed by atoms with Crippen molar-refractivity contribution in [1.82, 2.24) is 0 Å². The Morgan fingerprint density at radius 2 is 1.85 bits per heavy atom. The van der Waals surface area contributed by atoms with E-state index in [4.69, 9.17) is 14.6 Å². The van der Waals surface area contributed by atoms with Crippen molar-refractivity contribution in [2.75, 3.05) is 19.2 Å². The number of benzene rings is 2. The Bertz CT molecular complexity index is 955. The van der Waals surface area contributed by atoms with Gasteiger partial charge < -0.3 is 9.47 Å². The minimum Gasteiger partial charge on any atom is -0.493 e. The lowest BCUT2D eigenvalue weighted by molar-refractivity contribution is 0.349. The van der Waals surface area contributed by atoms with Gasteiger partial charge in [0.15, 0.2) is 11.5 Å². The third kappa shape index (κ3) is 3.47. The second-order valence-corrected chi connectivity index (χ2v) is 8.01. The molecule has 138 valence electrons. The average molecular weight is 443 g/mol. The van der Waals surface area contributed by atoms with Crippen molar-refractivity contribution in [3.8, 4) is 11.5 Å². The first-order chi connectivity index (χ1) is 13.2. The van der Waals surface area contributed by atoms with Crippen LogP contribution in [0.5, 0.6) is 11.5 Å². The van der Waals surface area contributed by atoms with Crippen molar-refractivity contribution in [2.24, 2.45) is 5.10 Å². The molecule has 0 spiro atoms. The third-order valence-electron chi connectivity index (χ3n) is 4.60. The van der Waals surface area contributed by atoms with Crippen LogP contribution < -0.4 is 14.5 Å². The summed E-state index contributed by atoms with van der Waals surface area (Å²) in [6.07, 6.45) is 0.806. The smallest absolute Gasteiger partial charge is 0.166 e. The Kier molecular flexibility index (Phi) is 5.18. The molecule has 0 amide bonds. The molecule has 0 bridgehead atoms. The fourth-order valence-electron chi connectivity index (χ4n) is 3.35. The van der Waals surface area contributed by atoms with Gasteiger partial charge in [0.1, 0.15) is 0 Å². The number of para-hydroxylation sites is 1. The van der Waals surface area contributed by atoms with Crippen molar-refractivity contribution in [3.05, 3.63) is 74.9 Å². The van der Waals surface area contributed by atoms with Gasteiger partial charge in [-0.3, -0.25) is 5.01 Å². The summed E-state index contributed by atoms with van der Waals surface area (Å²) in [4.78, 5) is 1.20. The molecule has 0 fully saturated rings. The number of hydrogen-bond donors (Lipinski definition) is 0. The highest BCUT2D eigenvalue weighted by Gasteiger charge is 2.33. The van der Waals surface area contributed by atoms with Gasteiger partial charge in [0.25, 0.3) is 0 Å². The predicted octanol–water partition coefficient (Wildman–Crippen LogP) is 5.88. The monoisotopic (exact) mass is 442 g/mol. The second-order valence-electron chi connectivity index (χ2n) is 6.15. The van der Waals surface area contributed by atoms with E-state index in [0.717, 1.165) is 39.4 Å². The number of rotatable bonds is 5. The highest BCUT2D eigenvalue weighted by Crippen LogP contribution is 2.43. The summed E-state index contributed by atoms with van der Waals surface area (Å²) >= 11 is 5.22. The fraction of sp³-hybridized carbons (Fsp3) is 0.190. The molecule has 0 saturated heterocycles. The van der Waals surface area contributed by atoms with Crippen LogP contribution in [0, 0.1) is 0 Å². The molecular weight excluding hydrogens is 424 g/mol. The van der Waals surface area contributed by atoms with Gasteiger partial charge in [-0.15, -0.1) is 11.3 Å². The maximum absolute atomic E-state index is 5.70. The number of methoxy groups -OCH3 is 2. The first-order valence-corrected chi connectivity index (χ1v) is 10.3. The van der Waals surface area contributed by atoms with Crippen molar-refractivity contribution in [1.29, 1.82) is 0 Å². The van der Waals surface area contributed by atoms with Gasteiger partial charge >= 0.3 is 0 Å². The Labute approximate surface area is 171 Å². The van der Waals surface area contributed by atoms with Crippen LogP contribution in [-0.4, -0.2) is 19.9 Å². The minimum absolute atomic E-state index is 0.0355. The number of hydrazone groups is 1. The highest BCUT2D eigenvalue weighted by molar-refractivity contribution is 9.10. The molecule has 0 saturated carbocycles. The van der Waals surface area contributed by atoms with Crippen LogP contribution in [0.1, 0.15) is 22.9 Å². The lowest BCUT2D eigenvalue weighted by atomic mass is 9.99. The van der Waals surface area contributed by atoms with E-state index < -0.39 is 0 Å². The van der Waals surface area contributed by atoms with E-state index in [-0.39, 0.29) is 6.04 Å². The minimum atomic E-state index is 0.0355. The van der Waals surface area contributed by atoms with Gasteiger partial charge in [0.2, 0.25) is 0 Å². The van der Waals surface area contributed by atoms with Crippen LogP contribution in [-0.2, 0) is 0 Å². The molecule has 1 aromatic heterocycles. The maximum atomic E-state index is 5.70. The predicted molar refractivity (Wildman–Crippen MR) is 114 cm³/mol. The Morgan fingerprint density at radius 1 is 1.04 bits per heavy atom. The van der Waals surface area contributed by atoms with E-state index in [9.17, 15) is 0 Å². The first-order valence-electron chi connectivity index (χ1n) is 8.58. The summed E-state index contributed by atoms with van der Waals surface area (Å²) in [6, 6.07) is 18.4. The van der Waals surface area contributed by atoms with Crippen LogP contribution in [0.15, 0.2) is 69.6 Å².